The molecule has 3 nitrogen and oxygen atoms in total. The molecule has 1 aliphatic heterocycles. The van der Waals surface area contributed by atoms with Gasteiger partial charge in [0, 0.05) is 23.2 Å². The third-order valence-electron chi connectivity index (χ3n) is 3.54. The summed E-state index contributed by atoms with van der Waals surface area (Å²) >= 11 is 6.01. The summed E-state index contributed by atoms with van der Waals surface area (Å²) in [6, 6.07) is 5.57. The van der Waals surface area contributed by atoms with E-state index in [4.69, 9.17) is 11.6 Å². The maximum Gasteiger partial charge on any atom is 0.254 e. The zero-order valence-corrected chi connectivity index (χ0v) is 12.2. The number of nitrogens with zero attached hydrogens (tertiary/aromatic N) is 1. The second kappa shape index (κ2) is 5.93. The molecule has 1 aliphatic rings. The molecule has 1 fully saturated rings. The Morgan fingerprint density at radius 3 is 2.89 bits per heavy atom. The van der Waals surface area contributed by atoms with Crippen LogP contribution in [0.2, 0.25) is 5.02 Å². The molecular weight excluding hydrogens is 262 g/mol. The highest BCUT2D eigenvalue weighted by Crippen LogP contribution is 2.25. The summed E-state index contributed by atoms with van der Waals surface area (Å²) in [4.78, 5) is 14.4. The van der Waals surface area contributed by atoms with Crippen molar-refractivity contribution in [2.75, 3.05) is 6.54 Å². The average molecular weight is 282 g/mol. The minimum absolute atomic E-state index is 0.0220. The lowest BCUT2D eigenvalue weighted by atomic mass is 10.1. The van der Waals surface area contributed by atoms with Crippen LogP contribution in [0, 0.1) is 6.92 Å². The van der Waals surface area contributed by atoms with E-state index in [1.54, 1.807) is 13.0 Å². The second-order valence-corrected chi connectivity index (χ2v) is 5.83. The number of amides is 1. The summed E-state index contributed by atoms with van der Waals surface area (Å²) in [7, 11) is 0. The Kier molecular flexibility index (Phi) is 4.48. The zero-order valence-electron chi connectivity index (χ0n) is 11.4. The molecule has 1 heterocycles. The predicted octanol–water partition coefficient (Wildman–Crippen LogP) is 3.02. The smallest absolute Gasteiger partial charge is 0.254 e. The minimum atomic E-state index is -0.375. The third kappa shape index (κ3) is 3.48. The summed E-state index contributed by atoms with van der Waals surface area (Å²) < 4.78 is 0. The Balaban J connectivity index is 2.18. The van der Waals surface area contributed by atoms with Crippen LogP contribution in [0.25, 0.3) is 0 Å². The maximum absolute atomic E-state index is 12.5. The molecule has 0 aliphatic carbocycles. The first-order chi connectivity index (χ1) is 8.97. The van der Waals surface area contributed by atoms with Gasteiger partial charge in [-0.15, -0.1) is 0 Å². The lowest BCUT2D eigenvalue weighted by Gasteiger charge is -2.26. The SMILES string of the molecule is Cc1cc(Cl)cc(C(=O)N2CCC[C@@H]2C[C@H](C)O)c1. The van der Waals surface area contributed by atoms with Gasteiger partial charge in [-0.1, -0.05) is 11.6 Å². The lowest BCUT2D eigenvalue weighted by Crippen LogP contribution is -2.37. The molecule has 2 atom stereocenters. The monoisotopic (exact) mass is 281 g/mol. The molecule has 0 saturated carbocycles. The molecule has 0 spiro atoms. The Labute approximate surface area is 119 Å². The van der Waals surface area contributed by atoms with Crippen molar-refractivity contribution in [1.29, 1.82) is 0 Å². The lowest BCUT2D eigenvalue weighted by molar-refractivity contribution is 0.0682. The second-order valence-electron chi connectivity index (χ2n) is 5.40. The van der Waals surface area contributed by atoms with Crippen molar-refractivity contribution >= 4 is 17.5 Å². The quantitative estimate of drug-likeness (QED) is 0.925. The van der Waals surface area contributed by atoms with Crippen LogP contribution in [0.15, 0.2) is 18.2 Å². The number of carbonyl (C=O) groups is 1. The van der Waals surface area contributed by atoms with Crippen molar-refractivity contribution in [2.24, 2.45) is 0 Å². The summed E-state index contributed by atoms with van der Waals surface area (Å²) in [6.07, 6.45) is 2.24. The van der Waals surface area contributed by atoms with E-state index in [2.05, 4.69) is 0 Å². The number of aliphatic hydroxyl groups excluding tert-OH is 1. The number of carbonyl (C=O) groups excluding carboxylic acids is 1. The third-order valence-corrected chi connectivity index (χ3v) is 3.76. The minimum Gasteiger partial charge on any atom is -0.393 e. The molecule has 0 aromatic heterocycles. The van der Waals surface area contributed by atoms with Gasteiger partial charge in [-0.25, -0.2) is 0 Å². The summed E-state index contributed by atoms with van der Waals surface area (Å²) in [5, 5.41) is 10.1. The molecule has 104 valence electrons. The van der Waals surface area contributed by atoms with Gasteiger partial charge >= 0.3 is 0 Å². The number of likely N-dealkylation sites (tertiary alicyclic amines) is 1. The van der Waals surface area contributed by atoms with Crippen LogP contribution >= 0.6 is 11.6 Å². The molecule has 2 rings (SSSR count). The fraction of sp³-hybridized carbons (Fsp3) is 0.533. The van der Waals surface area contributed by atoms with Crippen LogP contribution in [0.3, 0.4) is 0 Å². The summed E-state index contributed by atoms with van der Waals surface area (Å²) in [6.45, 7) is 4.46. The fourth-order valence-corrected chi connectivity index (χ4v) is 3.06. The first kappa shape index (κ1) is 14.4. The van der Waals surface area contributed by atoms with Crippen molar-refractivity contribution in [1.82, 2.24) is 4.90 Å². The standard InChI is InChI=1S/C15H20ClNO2/c1-10-6-12(9-13(16)7-10)15(19)17-5-3-4-14(17)8-11(2)18/h6-7,9,11,14,18H,3-5,8H2,1-2H3/t11-,14+/m0/s1. The van der Waals surface area contributed by atoms with E-state index in [0.717, 1.165) is 24.9 Å². The molecule has 4 heteroatoms. The van der Waals surface area contributed by atoms with E-state index < -0.39 is 0 Å². The molecule has 1 saturated heterocycles. The highest BCUT2D eigenvalue weighted by atomic mass is 35.5. The van der Waals surface area contributed by atoms with Gasteiger partial charge in [0.2, 0.25) is 0 Å². The normalized spacial score (nSPS) is 20.6. The van der Waals surface area contributed by atoms with Gasteiger partial charge < -0.3 is 10.0 Å². The molecule has 1 aromatic carbocycles. The summed E-state index contributed by atoms with van der Waals surface area (Å²) in [5.41, 5.74) is 1.63. The maximum atomic E-state index is 12.5. The molecule has 0 bridgehead atoms. The van der Waals surface area contributed by atoms with Crippen LogP contribution in [0.4, 0.5) is 0 Å². The van der Waals surface area contributed by atoms with Gasteiger partial charge in [0.1, 0.15) is 0 Å². The number of rotatable bonds is 3. The van der Waals surface area contributed by atoms with Gasteiger partial charge in [-0.3, -0.25) is 4.79 Å². The zero-order chi connectivity index (χ0) is 14.0. The average Bonchev–Trinajstić information content (AvgIpc) is 2.73. The van der Waals surface area contributed by atoms with Crippen LogP contribution in [-0.2, 0) is 0 Å². The molecule has 0 unspecified atom stereocenters. The van der Waals surface area contributed by atoms with Crippen molar-refractivity contribution < 1.29 is 9.90 Å². The highest BCUT2D eigenvalue weighted by Gasteiger charge is 2.30. The van der Waals surface area contributed by atoms with Crippen LogP contribution < -0.4 is 0 Å². The van der Waals surface area contributed by atoms with Gasteiger partial charge in [-0.2, -0.15) is 0 Å². The van der Waals surface area contributed by atoms with E-state index in [1.165, 1.54) is 0 Å². The summed E-state index contributed by atoms with van der Waals surface area (Å²) in [5.74, 6) is 0.0220. The Hall–Kier alpha value is -1.06. The van der Waals surface area contributed by atoms with E-state index in [1.807, 2.05) is 24.0 Å². The predicted molar refractivity (Wildman–Crippen MR) is 76.5 cm³/mol. The Morgan fingerprint density at radius 1 is 1.53 bits per heavy atom. The molecule has 1 N–H and O–H groups in total. The van der Waals surface area contributed by atoms with Gasteiger partial charge in [-0.05, 0) is 56.9 Å². The molecule has 0 radical (unpaired) electrons. The van der Waals surface area contributed by atoms with Crippen molar-refractivity contribution in [3.8, 4) is 0 Å². The van der Waals surface area contributed by atoms with Crippen LogP contribution in [0.1, 0.15) is 42.1 Å². The largest absolute Gasteiger partial charge is 0.393 e. The first-order valence-corrected chi connectivity index (χ1v) is 7.11. The number of hydrogen-bond donors (Lipinski definition) is 1. The number of hydrogen-bond acceptors (Lipinski definition) is 2. The van der Waals surface area contributed by atoms with Crippen LogP contribution in [-0.4, -0.2) is 34.6 Å². The number of aryl methyl sites for hydroxylation is 1. The number of benzene rings is 1. The van der Waals surface area contributed by atoms with Crippen molar-refractivity contribution in [3.05, 3.63) is 34.3 Å². The Morgan fingerprint density at radius 2 is 2.26 bits per heavy atom. The van der Waals surface area contributed by atoms with Gasteiger partial charge in [0.25, 0.3) is 5.91 Å². The topological polar surface area (TPSA) is 40.5 Å². The highest BCUT2D eigenvalue weighted by molar-refractivity contribution is 6.31. The van der Waals surface area contributed by atoms with Crippen LogP contribution in [0.5, 0.6) is 0 Å². The van der Waals surface area contributed by atoms with E-state index in [0.29, 0.717) is 17.0 Å². The van der Waals surface area contributed by atoms with Crippen molar-refractivity contribution in [3.63, 3.8) is 0 Å². The van der Waals surface area contributed by atoms with E-state index in [-0.39, 0.29) is 18.1 Å². The Bertz CT molecular complexity index is 453. The number of halogens is 1. The van der Waals surface area contributed by atoms with E-state index >= 15 is 0 Å². The molecule has 1 amide bonds. The van der Waals surface area contributed by atoms with Crippen molar-refractivity contribution in [2.45, 2.75) is 45.3 Å². The van der Waals surface area contributed by atoms with E-state index in [9.17, 15) is 9.90 Å². The van der Waals surface area contributed by atoms with Gasteiger partial charge in [0.15, 0.2) is 0 Å². The molecular formula is C15H20ClNO2. The molecule has 19 heavy (non-hydrogen) atoms. The molecule has 1 aromatic rings. The number of aliphatic hydroxyl groups is 1. The fourth-order valence-electron chi connectivity index (χ4n) is 2.77. The van der Waals surface area contributed by atoms with Gasteiger partial charge in [0.05, 0.1) is 6.10 Å². The first-order valence-electron chi connectivity index (χ1n) is 6.73.